The quantitative estimate of drug-likeness (QED) is 0.318. The van der Waals surface area contributed by atoms with E-state index >= 15 is 0 Å². The zero-order chi connectivity index (χ0) is 23.5. The summed E-state index contributed by atoms with van der Waals surface area (Å²) in [6.45, 7) is 0.332. The first kappa shape index (κ1) is 24.1. The van der Waals surface area contributed by atoms with E-state index in [4.69, 9.17) is 27.9 Å². The van der Waals surface area contributed by atoms with Gasteiger partial charge in [-0.05, 0) is 43.7 Å². The van der Waals surface area contributed by atoms with Crippen LogP contribution in [0.4, 0.5) is 18.9 Å². The van der Waals surface area contributed by atoms with Crippen molar-refractivity contribution >= 4 is 34.8 Å². The number of pyridine rings is 1. The molecule has 1 heterocycles. The van der Waals surface area contributed by atoms with Crippen molar-refractivity contribution in [2.75, 3.05) is 6.54 Å². The van der Waals surface area contributed by atoms with Crippen LogP contribution in [0.2, 0.25) is 10.2 Å². The summed E-state index contributed by atoms with van der Waals surface area (Å²) in [4.78, 5) is 26.5. The fourth-order valence-corrected chi connectivity index (χ4v) is 3.86. The number of hydrogen-bond donors (Lipinski definition) is 1. The van der Waals surface area contributed by atoms with E-state index in [1.807, 2.05) is 0 Å². The third-order valence-electron chi connectivity index (χ3n) is 5.14. The normalized spacial score (nSPS) is 18.8. The third-order valence-corrected chi connectivity index (χ3v) is 5.66. The van der Waals surface area contributed by atoms with E-state index in [9.17, 15) is 28.1 Å². The van der Waals surface area contributed by atoms with Crippen LogP contribution < -0.4 is 10.1 Å². The Kier molecular flexibility index (Phi) is 7.45. The van der Waals surface area contributed by atoms with Gasteiger partial charge in [0.05, 0.1) is 21.1 Å². The third kappa shape index (κ3) is 6.23. The van der Waals surface area contributed by atoms with E-state index in [2.05, 4.69) is 10.3 Å². The zero-order valence-electron chi connectivity index (χ0n) is 16.5. The number of rotatable bonds is 6. The topological polar surface area (TPSA) is 94.4 Å². The van der Waals surface area contributed by atoms with Gasteiger partial charge in [-0.1, -0.05) is 23.2 Å². The smallest absolute Gasteiger partial charge is 0.416 e. The number of non-ortho nitro benzene ring substituents is 1. The molecule has 1 amide bonds. The van der Waals surface area contributed by atoms with Gasteiger partial charge in [0.1, 0.15) is 11.3 Å². The van der Waals surface area contributed by atoms with Crippen LogP contribution in [0.15, 0.2) is 30.3 Å². The monoisotopic (exact) mass is 491 g/mol. The van der Waals surface area contributed by atoms with Gasteiger partial charge in [0.25, 0.3) is 11.6 Å². The summed E-state index contributed by atoms with van der Waals surface area (Å²) in [6, 6.07) is 5.19. The maximum Gasteiger partial charge on any atom is 0.416 e. The molecule has 0 radical (unpaired) electrons. The Morgan fingerprint density at radius 2 is 1.88 bits per heavy atom. The van der Waals surface area contributed by atoms with Crippen molar-refractivity contribution in [3.05, 3.63) is 61.7 Å². The molecule has 1 fully saturated rings. The van der Waals surface area contributed by atoms with E-state index in [0.29, 0.717) is 32.2 Å². The van der Waals surface area contributed by atoms with Crippen molar-refractivity contribution in [1.29, 1.82) is 0 Å². The number of carbonyl (C=O) groups excluding carboxylic acids is 1. The largest absolute Gasteiger partial charge is 0.474 e. The molecule has 3 rings (SSSR count). The molecule has 1 N–H and O–H groups in total. The number of benzene rings is 1. The molecule has 0 unspecified atom stereocenters. The second-order valence-electron chi connectivity index (χ2n) is 7.41. The Morgan fingerprint density at radius 3 is 2.50 bits per heavy atom. The maximum absolute atomic E-state index is 12.9. The minimum Gasteiger partial charge on any atom is -0.474 e. The average molecular weight is 492 g/mol. The standard InChI is InChI=1S/C20H18Cl2F3N3O4/c21-16-6-3-13(28(30)31)9-15(16)19(29)26-10-11-1-4-14(5-2-11)32-18-8-12(20(23,24)25)7-17(22)27-18/h3,6-9,11,14H,1-2,4-5,10H2,(H,26,29). The molecule has 172 valence electrons. The first-order chi connectivity index (χ1) is 15.0. The molecule has 1 aromatic carbocycles. The first-order valence-electron chi connectivity index (χ1n) is 9.66. The van der Waals surface area contributed by atoms with Crippen LogP contribution >= 0.6 is 23.2 Å². The van der Waals surface area contributed by atoms with E-state index in [1.54, 1.807) is 0 Å². The highest BCUT2D eigenvalue weighted by Gasteiger charge is 2.32. The molecule has 1 saturated carbocycles. The highest BCUT2D eigenvalue weighted by atomic mass is 35.5. The molecular formula is C20H18Cl2F3N3O4. The molecule has 2 aromatic rings. The predicted molar refractivity (Wildman–Crippen MR) is 111 cm³/mol. The molecule has 1 aliphatic carbocycles. The molecule has 12 heteroatoms. The van der Waals surface area contributed by atoms with Gasteiger partial charge < -0.3 is 10.1 Å². The summed E-state index contributed by atoms with van der Waals surface area (Å²) in [5.74, 6) is -0.573. The van der Waals surface area contributed by atoms with Crippen LogP contribution in [-0.4, -0.2) is 28.5 Å². The number of ether oxygens (including phenoxy) is 1. The summed E-state index contributed by atoms with van der Waals surface area (Å²) >= 11 is 11.7. The maximum atomic E-state index is 12.9. The Labute approximate surface area is 191 Å². The molecule has 0 atom stereocenters. The fraction of sp³-hybridized carbons (Fsp3) is 0.400. The number of carbonyl (C=O) groups is 1. The van der Waals surface area contributed by atoms with E-state index in [-0.39, 0.29) is 39.3 Å². The Bertz CT molecular complexity index is 1010. The lowest BCUT2D eigenvalue weighted by Crippen LogP contribution is -2.33. The highest BCUT2D eigenvalue weighted by Crippen LogP contribution is 2.34. The molecule has 1 aromatic heterocycles. The summed E-state index contributed by atoms with van der Waals surface area (Å²) in [7, 11) is 0. The number of alkyl halides is 3. The van der Waals surface area contributed by atoms with Crippen LogP contribution in [0.1, 0.15) is 41.6 Å². The van der Waals surface area contributed by atoms with Crippen LogP contribution in [0.25, 0.3) is 0 Å². The number of nitrogens with one attached hydrogen (secondary N) is 1. The van der Waals surface area contributed by atoms with Gasteiger partial charge in [0, 0.05) is 24.7 Å². The number of halogens is 5. The summed E-state index contributed by atoms with van der Waals surface area (Å²) in [6.07, 6.45) is -2.41. The molecule has 1 aliphatic rings. The number of nitrogens with zero attached hydrogens (tertiary/aromatic N) is 2. The highest BCUT2D eigenvalue weighted by molar-refractivity contribution is 6.34. The van der Waals surface area contributed by atoms with E-state index < -0.39 is 22.6 Å². The van der Waals surface area contributed by atoms with Gasteiger partial charge in [0.15, 0.2) is 0 Å². The lowest BCUT2D eigenvalue weighted by atomic mass is 9.87. The minimum atomic E-state index is -4.55. The van der Waals surface area contributed by atoms with Crippen molar-refractivity contribution in [3.63, 3.8) is 0 Å². The SMILES string of the molecule is O=C(NCC1CCC(Oc2cc(C(F)(F)F)cc(Cl)n2)CC1)c1cc([N+](=O)[O-])ccc1Cl. The lowest BCUT2D eigenvalue weighted by molar-refractivity contribution is -0.384. The van der Waals surface area contributed by atoms with Gasteiger partial charge in [-0.25, -0.2) is 4.98 Å². The van der Waals surface area contributed by atoms with Gasteiger partial charge in [0.2, 0.25) is 5.88 Å². The van der Waals surface area contributed by atoms with Crippen molar-refractivity contribution in [2.45, 2.75) is 38.0 Å². The molecule has 7 nitrogen and oxygen atoms in total. The lowest BCUT2D eigenvalue weighted by Gasteiger charge is -2.29. The predicted octanol–water partition coefficient (Wildman–Crippen LogP) is 5.68. The molecule has 0 spiro atoms. The molecule has 0 saturated heterocycles. The van der Waals surface area contributed by atoms with Crippen molar-refractivity contribution in [3.8, 4) is 5.88 Å². The second-order valence-corrected chi connectivity index (χ2v) is 8.20. The van der Waals surface area contributed by atoms with Crippen LogP contribution in [0.3, 0.4) is 0 Å². The molecule has 0 bridgehead atoms. The Morgan fingerprint density at radius 1 is 1.19 bits per heavy atom. The minimum absolute atomic E-state index is 0.0189. The van der Waals surface area contributed by atoms with Crippen molar-refractivity contribution in [1.82, 2.24) is 10.3 Å². The summed E-state index contributed by atoms with van der Waals surface area (Å²) in [5.41, 5.74) is -1.14. The van der Waals surface area contributed by atoms with Gasteiger partial charge in [-0.15, -0.1) is 0 Å². The van der Waals surface area contributed by atoms with Gasteiger partial charge in [-0.2, -0.15) is 13.2 Å². The van der Waals surface area contributed by atoms with Crippen molar-refractivity contribution < 1.29 is 27.6 Å². The summed E-state index contributed by atoms with van der Waals surface area (Å²) < 4.78 is 44.4. The van der Waals surface area contributed by atoms with E-state index in [0.717, 1.165) is 18.2 Å². The number of amides is 1. The molecule has 32 heavy (non-hydrogen) atoms. The van der Waals surface area contributed by atoms with E-state index in [1.165, 1.54) is 12.1 Å². The number of hydrogen-bond acceptors (Lipinski definition) is 5. The van der Waals surface area contributed by atoms with Gasteiger partial charge >= 0.3 is 6.18 Å². The molecule has 0 aliphatic heterocycles. The van der Waals surface area contributed by atoms with Crippen LogP contribution in [-0.2, 0) is 6.18 Å². The average Bonchev–Trinajstić information content (AvgIpc) is 2.72. The number of nitro groups is 1. The van der Waals surface area contributed by atoms with Crippen LogP contribution in [0, 0.1) is 16.0 Å². The zero-order valence-corrected chi connectivity index (χ0v) is 18.0. The summed E-state index contributed by atoms with van der Waals surface area (Å²) in [5, 5.41) is 13.4. The van der Waals surface area contributed by atoms with Crippen LogP contribution in [0.5, 0.6) is 5.88 Å². The van der Waals surface area contributed by atoms with Crippen molar-refractivity contribution in [2.24, 2.45) is 5.92 Å². The first-order valence-corrected chi connectivity index (χ1v) is 10.4. The number of nitro benzene ring substituents is 1. The molecular weight excluding hydrogens is 474 g/mol. The Hall–Kier alpha value is -2.59. The fourth-order valence-electron chi connectivity index (χ4n) is 3.45. The Balaban J connectivity index is 1.52. The van der Waals surface area contributed by atoms with Gasteiger partial charge in [-0.3, -0.25) is 14.9 Å². The number of aromatic nitrogens is 1. The second kappa shape index (κ2) is 9.91.